The Morgan fingerprint density at radius 3 is 1.04 bits per heavy atom. The fraction of sp³-hybridized carbons (Fsp3) is 0.118. The lowest BCUT2D eigenvalue weighted by Gasteiger charge is -2.24. The molecule has 5 rings (SSSR count). The molecule has 0 aliphatic carbocycles. The summed E-state index contributed by atoms with van der Waals surface area (Å²) in [5.41, 5.74) is 1.37. The van der Waals surface area contributed by atoms with Crippen molar-refractivity contribution >= 4 is 61.2 Å². The number of aryl methyl sites for hydroxylation is 2. The first-order valence-corrected chi connectivity index (χ1v) is 23.3. The second-order valence-electron chi connectivity index (χ2n) is 11.8. The first-order valence-electron chi connectivity index (χ1n) is 15.1. The average Bonchev–Trinajstić information content (AvgIpc) is 3.11. The second kappa shape index (κ2) is 14.4. The standard InChI is InChI=1S/C34H26F4O11S6/c1-22-3-7-24(8-4-22)51(39,40)25-11-13-26(14-12-25)52(41,42)27-15-17-28(18-16-27)53(43,44)30-19-20-31(50-33(35,36)34(37,38)55(47,48)49)32(21-30)54(45,46)29-9-5-23(2)6-10-29/h3-21H,1-2H3,(H,47,48,49). The van der Waals surface area contributed by atoms with Gasteiger partial charge in [0.15, 0.2) is 0 Å². The maximum atomic E-state index is 14.7. The van der Waals surface area contributed by atoms with Crippen molar-refractivity contribution in [3.63, 3.8) is 0 Å². The van der Waals surface area contributed by atoms with Gasteiger partial charge in [-0.15, -0.1) is 0 Å². The van der Waals surface area contributed by atoms with E-state index in [2.05, 4.69) is 0 Å². The van der Waals surface area contributed by atoms with Crippen molar-refractivity contribution in [1.29, 1.82) is 0 Å². The molecule has 11 nitrogen and oxygen atoms in total. The molecule has 5 aromatic carbocycles. The smallest absolute Gasteiger partial charge is 0.281 e. The van der Waals surface area contributed by atoms with Gasteiger partial charge in [-0.25, -0.2) is 33.7 Å². The third-order valence-corrected chi connectivity index (χ3v) is 17.4. The quantitative estimate of drug-likeness (QED) is 0.0785. The molecule has 21 heteroatoms. The molecule has 0 aliphatic rings. The zero-order valence-electron chi connectivity index (χ0n) is 28.0. The van der Waals surface area contributed by atoms with Crippen molar-refractivity contribution in [2.45, 2.75) is 68.4 Å². The van der Waals surface area contributed by atoms with Crippen LogP contribution in [-0.2, 0) is 49.5 Å². The lowest BCUT2D eigenvalue weighted by Crippen LogP contribution is -2.44. The van der Waals surface area contributed by atoms with Gasteiger partial charge in [0, 0.05) is 4.90 Å². The summed E-state index contributed by atoms with van der Waals surface area (Å²) in [4.78, 5) is -5.49. The van der Waals surface area contributed by atoms with E-state index >= 15 is 0 Å². The van der Waals surface area contributed by atoms with Gasteiger partial charge in [-0.05, 0) is 117 Å². The van der Waals surface area contributed by atoms with Crippen molar-refractivity contribution in [2.75, 3.05) is 0 Å². The highest BCUT2D eigenvalue weighted by molar-refractivity contribution is 8.02. The summed E-state index contributed by atoms with van der Waals surface area (Å²) in [6.45, 7) is 3.35. The molecule has 0 spiro atoms. The molecule has 0 bridgehead atoms. The molecule has 1 N–H and O–H groups in total. The molecule has 5 aromatic rings. The third kappa shape index (κ3) is 7.96. The highest BCUT2D eigenvalue weighted by Crippen LogP contribution is 2.51. The fourth-order valence-corrected chi connectivity index (χ4v) is 12.0. The summed E-state index contributed by atoms with van der Waals surface area (Å²) >= 11 is -1.25. The molecular formula is C34H26F4O11S6. The summed E-state index contributed by atoms with van der Waals surface area (Å²) in [7, 11) is -24.9. The number of hydrogen-bond acceptors (Lipinski definition) is 11. The van der Waals surface area contributed by atoms with E-state index in [1.54, 1.807) is 26.0 Å². The van der Waals surface area contributed by atoms with Crippen LogP contribution in [0.25, 0.3) is 0 Å². The Labute approximate surface area is 318 Å². The van der Waals surface area contributed by atoms with Crippen LogP contribution in [0, 0.1) is 13.8 Å². The molecule has 0 radical (unpaired) electrons. The van der Waals surface area contributed by atoms with Crippen LogP contribution in [0.4, 0.5) is 17.6 Å². The number of rotatable bonds is 12. The predicted octanol–water partition coefficient (Wildman–Crippen LogP) is 6.80. The van der Waals surface area contributed by atoms with Crippen molar-refractivity contribution in [1.82, 2.24) is 0 Å². The molecule has 0 saturated carbocycles. The van der Waals surface area contributed by atoms with Crippen LogP contribution in [0.1, 0.15) is 11.1 Å². The monoisotopic (exact) mass is 878 g/mol. The highest BCUT2D eigenvalue weighted by Gasteiger charge is 2.66. The van der Waals surface area contributed by atoms with Gasteiger partial charge in [-0.2, -0.15) is 26.0 Å². The molecular weight excluding hydrogens is 853 g/mol. The lowest BCUT2D eigenvalue weighted by atomic mass is 10.2. The number of alkyl halides is 4. The molecule has 0 amide bonds. The fourth-order valence-electron chi connectivity index (χ4n) is 4.86. The Bertz CT molecular complexity index is 2850. The van der Waals surface area contributed by atoms with E-state index in [-0.39, 0.29) is 14.7 Å². The van der Waals surface area contributed by atoms with E-state index in [0.29, 0.717) is 23.8 Å². The topological polar surface area (TPSA) is 191 Å². The van der Waals surface area contributed by atoms with Crippen molar-refractivity contribution in [2.24, 2.45) is 0 Å². The largest absolute Gasteiger partial charge is 0.442 e. The zero-order chi connectivity index (χ0) is 41.0. The highest BCUT2D eigenvalue weighted by atomic mass is 32.2. The molecule has 0 heterocycles. The molecule has 0 aliphatic heterocycles. The Kier molecular flexibility index (Phi) is 11.0. The first-order chi connectivity index (χ1) is 25.2. The minimum atomic E-state index is -6.72. The first kappa shape index (κ1) is 42.0. The van der Waals surface area contributed by atoms with E-state index in [9.17, 15) is 59.7 Å². The van der Waals surface area contributed by atoms with Crippen molar-refractivity contribution in [3.05, 3.63) is 126 Å². The summed E-state index contributed by atoms with van der Waals surface area (Å²) in [6.07, 6.45) is 0. The summed E-state index contributed by atoms with van der Waals surface area (Å²) in [5.74, 6) is 0. The van der Waals surface area contributed by atoms with Crippen LogP contribution in [0.3, 0.4) is 0 Å². The van der Waals surface area contributed by atoms with Crippen LogP contribution in [0.2, 0.25) is 0 Å². The van der Waals surface area contributed by atoms with Crippen LogP contribution >= 0.6 is 11.8 Å². The van der Waals surface area contributed by atoms with Crippen LogP contribution in [0.15, 0.2) is 159 Å². The molecule has 0 unspecified atom stereocenters. The molecule has 0 fully saturated rings. The summed E-state index contributed by atoms with van der Waals surface area (Å²) < 4.78 is 196. The molecule has 0 aromatic heterocycles. The summed E-state index contributed by atoms with van der Waals surface area (Å²) in [5, 5.41) is -11.8. The molecule has 0 atom stereocenters. The maximum absolute atomic E-state index is 14.7. The average molecular weight is 879 g/mol. The van der Waals surface area contributed by atoms with Crippen LogP contribution in [-0.4, -0.2) is 57.2 Å². The number of sulfone groups is 4. The Morgan fingerprint density at radius 2 is 0.709 bits per heavy atom. The van der Waals surface area contributed by atoms with Gasteiger partial charge in [0.25, 0.3) is 0 Å². The van der Waals surface area contributed by atoms with Gasteiger partial charge in [-0.3, -0.25) is 4.55 Å². The number of halogens is 4. The molecule has 0 saturated heterocycles. The van der Waals surface area contributed by atoms with E-state index in [0.717, 1.165) is 66.2 Å². The third-order valence-electron chi connectivity index (χ3n) is 7.97. The Balaban J connectivity index is 1.52. The van der Waals surface area contributed by atoms with E-state index < -0.39 is 101 Å². The Hall–Kier alpha value is -4.12. The van der Waals surface area contributed by atoms with Gasteiger partial charge in [-0.1, -0.05) is 35.4 Å². The summed E-state index contributed by atoms with van der Waals surface area (Å²) in [6, 6.07) is 19.8. The Morgan fingerprint density at radius 1 is 0.436 bits per heavy atom. The van der Waals surface area contributed by atoms with Crippen molar-refractivity contribution < 1.29 is 64.2 Å². The SMILES string of the molecule is Cc1ccc(S(=O)(=O)c2ccc(S(=O)(=O)c3ccc(S(=O)(=O)c4ccc(SC(F)(F)C(F)(F)S(=O)(=O)O)c(S(=O)(=O)c5ccc(C)cc5)c4)cc3)cc2)cc1. The van der Waals surface area contributed by atoms with E-state index in [1.165, 1.54) is 24.3 Å². The normalized spacial score (nSPS) is 13.4. The van der Waals surface area contributed by atoms with Gasteiger partial charge in [0.1, 0.15) is 0 Å². The van der Waals surface area contributed by atoms with E-state index in [1.807, 2.05) is 0 Å². The maximum Gasteiger partial charge on any atom is 0.442 e. The minimum Gasteiger partial charge on any atom is -0.281 e. The number of hydrogen-bond donors (Lipinski definition) is 1. The lowest BCUT2D eigenvalue weighted by molar-refractivity contribution is -0.0947. The predicted molar refractivity (Wildman–Crippen MR) is 191 cm³/mol. The van der Waals surface area contributed by atoms with Crippen LogP contribution in [0.5, 0.6) is 0 Å². The van der Waals surface area contributed by atoms with Gasteiger partial charge in [0.05, 0.1) is 39.2 Å². The van der Waals surface area contributed by atoms with Gasteiger partial charge < -0.3 is 0 Å². The molecule has 292 valence electrons. The second-order valence-corrected chi connectivity index (χ2v) is 22.2. The van der Waals surface area contributed by atoms with E-state index in [4.69, 9.17) is 4.55 Å². The molecule has 55 heavy (non-hydrogen) atoms. The zero-order valence-corrected chi connectivity index (χ0v) is 32.9. The van der Waals surface area contributed by atoms with Crippen molar-refractivity contribution in [3.8, 4) is 0 Å². The minimum absolute atomic E-state index is 0.0181. The van der Waals surface area contributed by atoms with Gasteiger partial charge >= 0.3 is 20.6 Å². The van der Waals surface area contributed by atoms with Crippen LogP contribution < -0.4 is 0 Å². The number of thioether (sulfide) groups is 1. The van der Waals surface area contributed by atoms with Gasteiger partial charge in [0.2, 0.25) is 39.3 Å². The number of benzene rings is 5.